The molecule has 0 bridgehead atoms. The van der Waals surface area contributed by atoms with Gasteiger partial charge in [-0.25, -0.2) is 4.57 Å². The standard InChI is InChI=1S/C18H25F3NO6P/c1-12(2)28-16(11-27-29(24,25)26)17(23)22-9-7-14(8-10-22)13-3-5-15(6-4-13)18(19,20)21/h3-6,12,14,16H,7-11H2,1-2H3,(H2,24,25,26)/t16-/m0/s1. The first-order valence-electron chi connectivity index (χ1n) is 9.18. The number of alkyl halides is 3. The van der Waals surface area contributed by atoms with Crippen LogP contribution < -0.4 is 0 Å². The lowest BCUT2D eigenvalue weighted by atomic mass is 9.89. The molecule has 0 saturated carbocycles. The van der Waals surface area contributed by atoms with E-state index in [9.17, 15) is 22.5 Å². The highest BCUT2D eigenvalue weighted by molar-refractivity contribution is 7.46. The third-order valence-electron chi connectivity index (χ3n) is 4.62. The van der Waals surface area contributed by atoms with E-state index in [1.807, 2.05) is 0 Å². The molecule has 1 atom stereocenters. The highest BCUT2D eigenvalue weighted by Gasteiger charge is 2.33. The number of hydrogen-bond acceptors (Lipinski definition) is 4. The molecule has 1 fully saturated rings. The van der Waals surface area contributed by atoms with Gasteiger partial charge in [-0.2, -0.15) is 13.2 Å². The van der Waals surface area contributed by atoms with Crippen LogP contribution in [0.1, 0.15) is 43.7 Å². The predicted octanol–water partition coefficient (Wildman–Crippen LogP) is 3.31. The number of piperidine rings is 1. The van der Waals surface area contributed by atoms with Crippen LogP contribution in [-0.4, -0.2) is 52.5 Å². The Bertz CT molecular complexity index is 726. The number of halogens is 3. The first-order valence-corrected chi connectivity index (χ1v) is 10.7. The molecule has 2 N–H and O–H groups in total. The van der Waals surface area contributed by atoms with Gasteiger partial charge in [0.25, 0.3) is 5.91 Å². The number of carbonyl (C=O) groups excluding carboxylic acids is 1. The summed E-state index contributed by atoms with van der Waals surface area (Å²) >= 11 is 0. The number of benzene rings is 1. The molecule has 0 aromatic heterocycles. The zero-order chi connectivity index (χ0) is 21.8. The number of amides is 1. The lowest BCUT2D eigenvalue weighted by molar-refractivity contribution is -0.150. The minimum Gasteiger partial charge on any atom is -0.363 e. The summed E-state index contributed by atoms with van der Waals surface area (Å²) in [6.07, 6.45) is -4.76. The van der Waals surface area contributed by atoms with Crippen LogP contribution in [0.5, 0.6) is 0 Å². The first kappa shape index (κ1) is 23.8. The fourth-order valence-electron chi connectivity index (χ4n) is 3.24. The molecule has 1 aromatic rings. The predicted molar refractivity (Wildman–Crippen MR) is 98.0 cm³/mol. The Morgan fingerprint density at radius 3 is 2.21 bits per heavy atom. The molecule has 1 heterocycles. The smallest absolute Gasteiger partial charge is 0.363 e. The summed E-state index contributed by atoms with van der Waals surface area (Å²) in [5.74, 6) is -0.407. The Kier molecular flexibility index (Phi) is 7.86. The van der Waals surface area contributed by atoms with E-state index in [2.05, 4.69) is 4.52 Å². The van der Waals surface area contributed by atoms with E-state index in [4.69, 9.17) is 14.5 Å². The van der Waals surface area contributed by atoms with Gasteiger partial charge in [0.15, 0.2) is 6.10 Å². The van der Waals surface area contributed by atoms with E-state index in [0.29, 0.717) is 25.9 Å². The van der Waals surface area contributed by atoms with Crippen LogP contribution in [-0.2, 0) is 24.8 Å². The summed E-state index contributed by atoms with van der Waals surface area (Å²) in [6.45, 7) is 3.53. The van der Waals surface area contributed by atoms with Crippen molar-refractivity contribution in [2.24, 2.45) is 0 Å². The third-order valence-corrected chi connectivity index (χ3v) is 5.11. The zero-order valence-corrected chi connectivity index (χ0v) is 17.0. The summed E-state index contributed by atoms with van der Waals surface area (Å²) in [5.41, 5.74) is 0.0810. The fourth-order valence-corrected chi connectivity index (χ4v) is 3.57. The summed E-state index contributed by atoms with van der Waals surface area (Å²) in [6, 6.07) is 5.03. The van der Waals surface area contributed by atoms with Crippen molar-refractivity contribution in [2.45, 2.75) is 51.0 Å². The van der Waals surface area contributed by atoms with E-state index >= 15 is 0 Å². The van der Waals surface area contributed by atoms with E-state index in [-0.39, 0.29) is 12.0 Å². The van der Waals surface area contributed by atoms with Crippen molar-refractivity contribution in [1.29, 1.82) is 0 Å². The Labute approximate surface area is 167 Å². The number of likely N-dealkylation sites (tertiary alicyclic amines) is 1. The van der Waals surface area contributed by atoms with Crippen molar-refractivity contribution >= 4 is 13.7 Å². The van der Waals surface area contributed by atoms with Crippen LogP contribution >= 0.6 is 7.82 Å². The molecule has 0 aliphatic carbocycles. The van der Waals surface area contributed by atoms with Crippen molar-refractivity contribution in [2.75, 3.05) is 19.7 Å². The Morgan fingerprint density at radius 2 is 1.76 bits per heavy atom. The molecule has 1 aromatic carbocycles. The van der Waals surface area contributed by atoms with Crippen molar-refractivity contribution in [3.63, 3.8) is 0 Å². The van der Waals surface area contributed by atoms with E-state index in [0.717, 1.165) is 17.7 Å². The van der Waals surface area contributed by atoms with Crippen LogP contribution in [0, 0.1) is 0 Å². The number of ether oxygens (including phenoxy) is 1. The van der Waals surface area contributed by atoms with Gasteiger partial charge in [0.1, 0.15) is 0 Å². The average molecular weight is 439 g/mol. The normalized spacial score (nSPS) is 17.6. The lowest BCUT2D eigenvalue weighted by Gasteiger charge is -2.34. The van der Waals surface area contributed by atoms with Crippen LogP contribution in [0.15, 0.2) is 24.3 Å². The second-order valence-corrected chi connectivity index (χ2v) is 8.42. The number of phosphoric acid groups is 1. The number of carbonyl (C=O) groups is 1. The van der Waals surface area contributed by atoms with Crippen LogP contribution in [0.25, 0.3) is 0 Å². The minimum atomic E-state index is -4.74. The highest BCUT2D eigenvalue weighted by atomic mass is 31.2. The van der Waals surface area contributed by atoms with Crippen molar-refractivity contribution in [3.8, 4) is 0 Å². The van der Waals surface area contributed by atoms with Crippen molar-refractivity contribution in [1.82, 2.24) is 4.90 Å². The minimum absolute atomic E-state index is 0.0251. The molecule has 7 nitrogen and oxygen atoms in total. The highest BCUT2D eigenvalue weighted by Crippen LogP contribution is 2.36. The largest absolute Gasteiger partial charge is 0.469 e. The van der Waals surface area contributed by atoms with Gasteiger partial charge < -0.3 is 19.4 Å². The molecule has 1 amide bonds. The van der Waals surface area contributed by atoms with Gasteiger partial charge in [-0.1, -0.05) is 12.1 Å². The van der Waals surface area contributed by atoms with E-state index in [1.54, 1.807) is 13.8 Å². The molecule has 2 rings (SSSR count). The topological polar surface area (TPSA) is 96.3 Å². The number of nitrogens with zero attached hydrogens (tertiary/aromatic N) is 1. The summed E-state index contributed by atoms with van der Waals surface area (Å²) < 4.78 is 58.9. The van der Waals surface area contributed by atoms with Gasteiger partial charge in [0.05, 0.1) is 18.3 Å². The third kappa shape index (κ3) is 7.38. The Balaban J connectivity index is 1.97. The molecule has 1 saturated heterocycles. The molecular weight excluding hydrogens is 414 g/mol. The molecular formula is C18H25F3NO6P. The van der Waals surface area contributed by atoms with Gasteiger partial charge >= 0.3 is 14.0 Å². The quantitative estimate of drug-likeness (QED) is 0.633. The first-order chi connectivity index (χ1) is 13.4. The molecule has 29 heavy (non-hydrogen) atoms. The fraction of sp³-hybridized carbons (Fsp3) is 0.611. The Hall–Kier alpha value is -1.45. The van der Waals surface area contributed by atoms with E-state index in [1.165, 1.54) is 17.0 Å². The van der Waals surface area contributed by atoms with Gasteiger partial charge in [0.2, 0.25) is 0 Å². The van der Waals surface area contributed by atoms with Gasteiger partial charge in [-0.15, -0.1) is 0 Å². The summed E-state index contributed by atoms with van der Waals surface area (Å²) in [4.78, 5) is 31.9. The van der Waals surface area contributed by atoms with E-state index < -0.39 is 38.2 Å². The van der Waals surface area contributed by atoms with Crippen LogP contribution in [0.4, 0.5) is 13.2 Å². The molecule has 164 valence electrons. The maximum Gasteiger partial charge on any atom is 0.469 e. The number of rotatable bonds is 7. The van der Waals surface area contributed by atoms with Gasteiger partial charge in [0, 0.05) is 13.1 Å². The molecule has 11 heteroatoms. The number of hydrogen-bond donors (Lipinski definition) is 2. The van der Waals surface area contributed by atoms with Crippen molar-refractivity contribution in [3.05, 3.63) is 35.4 Å². The van der Waals surface area contributed by atoms with Crippen LogP contribution in [0.3, 0.4) is 0 Å². The molecule has 0 spiro atoms. The molecule has 1 aliphatic heterocycles. The summed E-state index contributed by atoms with van der Waals surface area (Å²) in [7, 11) is -4.74. The number of phosphoric ester groups is 1. The molecule has 1 aliphatic rings. The SMILES string of the molecule is CC(C)O[C@@H](COP(=O)(O)O)C(=O)N1CCC(c2ccc(C(F)(F)F)cc2)CC1. The van der Waals surface area contributed by atoms with Gasteiger partial charge in [-0.3, -0.25) is 9.32 Å². The van der Waals surface area contributed by atoms with Crippen LogP contribution in [0.2, 0.25) is 0 Å². The maximum atomic E-state index is 12.7. The monoisotopic (exact) mass is 439 g/mol. The Morgan fingerprint density at radius 1 is 1.21 bits per heavy atom. The van der Waals surface area contributed by atoms with Gasteiger partial charge in [-0.05, 0) is 50.3 Å². The zero-order valence-electron chi connectivity index (χ0n) is 16.1. The maximum absolute atomic E-state index is 12.7. The summed E-state index contributed by atoms with van der Waals surface area (Å²) in [5, 5.41) is 0. The lowest BCUT2D eigenvalue weighted by Crippen LogP contribution is -2.46. The molecule has 0 unspecified atom stereocenters. The molecule has 0 radical (unpaired) electrons. The second-order valence-electron chi connectivity index (χ2n) is 7.18. The van der Waals surface area contributed by atoms with Crippen molar-refractivity contribution < 1.29 is 41.6 Å². The average Bonchev–Trinajstić information content (AvgIpc) is 2.63. The second kappa shape index (κ2) is 9.57.